The number of fused-ring (bicyclic) bond motifs is 1. The number of carboxylic acid groups (broad SMARTS) is 1. The van der Waals surface area contributed by atoms with E-state index >= 15 is 0 Å². The summed E-state index contributed by atoms with van der Waals surface area (Å²) in [5.74, 6) is -0.454. The number of carbonyl (C=O) groups is 1. The molecule has 0 bridgehead atoms. The number of hydrogen-bond donors (Lipinski definition) is 1. The minimum Gasteiger partial charge on any atom is -0.478 e. The van der Waals surface area contributed by atoms with Gasteiger partial charge < -0.3 is 5.11 Å². The minimum atomic E-state index is -1.05. The number of rotatable bonds is 1. The number of benzene rings is 1. The van der Waals surface area contributed by atoms with Gasteiger partial charge in [-0.3, -0.25) is 9.36 Å². The largest absolute Gasteiger partial charge is 0.478 e. The van der Waals surface area contributed by atoms with Gasteiger partial charge in [0, 0.05) is 7.05 Å². The van der Waals surface area contributed by atoms with E-state index in [1.54, 1.807) is 20.0 Å². The zero-order valence-corrected chi connectivity index (χ0v) is 8.89. The highest BCUT2D eigenvalue weighted by Gasteiger charge is 2.09. The molecule has 2 aromatic rings. The summed E-state index contributed by atoms with van der Waals surface area (Å²) in [5.41, 5.74) is 0.381. The molecule has 5 nitrogen and oxygen atoms in total. The Morgan fingerprint density at radius 1 is 1.44 bits per heavy atom. The summed E-state index contributed by atoms with van der Waals surface area (Å²) >= 11 is 0. The van der Waals surface area contributed by atoms with E-state index in [0.717, 1.165) is 0 Å². The molecule has 0 radical (unpaired) electrons. The van der Waals surface area contributed by atoms with E-state index in [4.69, 9.17) is 5.11 Å². The van der Waals surface area contributed by atoms with Gasteiger partial charge in [-0.15, -0.1) is 0 Å². The van der Waals surface area contributed by atoms with E-state index in [1.807, 2.05) is 0 Å². The highest BCUT2D eigenvalue weighted by Crippen LogP contribution is 2.10. The van der Waals surface area contributed by atoms with Crippen LogP contribution in [0.3, 0.4) is 0 Å². The Hall–Kier alpha value is -2.17. The lowest BCUT2D eigenvalue weighted by Gasteiger charge is -2.05. The molecule has 0 saturated heterocycles. The quantitative estimate of drug-likeness (QED) is 0.773. The molecular weight excluding hydrogens is 208 g/mol. The van der Waals surface area contributed by atoms with Crippen molar-refractivity contribution in [3.05, 3.63) is 39.9 Å². The third-order valence-electron chi connectivity index (χ3n) is 2.55. The zero-order valence-electron chi connectivity index (χ0n) is 8.89. The molecule has 0 amide bonds. The van der Waals surface area contributed by atoms with Crippen LogP contribution in [0.2, 0.25) is 0 Å². The van der Waals surface area contributed by atoms with Crippen molar-refractivity contribution in [1.82, 2.24) is 9.55 Å². The molecule has 2 rings (SSSR count). The third-order valence-corrected chi connectivity index (χ3v) is 2.55. The van der Waals surface area contributed by atoms with Gasteiger partial charge in [-0.25, -0.2) is 9.78 Å². The van der Waals surface area contributed by atoms with Gasteiger partial charge in [-0.1, -0.05) is 0 Å². The number of aromatic nitrogens is 2. The topological polar surface area (TPSA) is 72.2 Å². The van der Waals surface area contributed by atoms with Crippen molar-refractivity contribution >= 4 is 16.9 Å². The predicted molar refractivity (Wildman–Crippen MR) is 58.7 cm³/mol. The number of carboxylic acids is 1. The second-order valence-electron chi connectivity index (χ2n) is 3.56. The van der Waals surface area contributed by atoms with Crippen LogP contribution in [0.25, 0.3) is 10.9 Å². The minimum absolute atomic E-state index is 0.0928. The summed E-state index contributed by atoms with van der Waals surface area (Å²) in [7, 11) is 1.61. The van der Waals surface area contributed by atoms with E-state index < -0.39 is 5.97 Å². The van der Waals surface area contributed by atoms with Crippen LogP contribution >= 0.6 is 0 Å². The van der Waals surface area contributed by atoms with Crippen molar-refractivity contribution < 1.29 is 9.90 Å². The van der Waals surface area contributed by atoms with Gasteiger partial charge in [0.2, 0.25) is 0 Å². The van der Waals surface area contributed by atoms with Crippen LogP contribution in [0, 0.1) is 6.92 Å². The van der Waals surface area contributed by atoms with Gasteiger partial charge in [-0.2, -0.15) is 0 Å². The molecule has 0 spiro atoms. The number of nitrogens with zero attached hydrogens (tertiary/aromatic N) is 2. The molecule has 0 saturated carbocycles. The van der Waals surface area contributed by atoms with E-state index in [1.165, 1.54) is 16.7 Å². The first kappa shape index (κ1) is 10.4. The Morgan fingerprint density at radius 3 is 2.75 bits per heavy atom. The second-order valence-corrected chi connectivity index (χ2v) is 3.56. The summed E-state index contributed by atoms with van der Waals surface area (Å²) in [4.78, 5) is 26.8. The average Bonchev–Trinajstić information content (AvgIpc) is 2.25. The lowest BCUT2D eigenvalue weighted by molar-refractivity contribution is 0.0697. The van der Waals surface area contributed by atoms with Crippen molar-refractivity contribution in [3.63, 3.8) is 0 Å². The summed E-state index contributed by atoms with van der Waals surface area (Å²) < 4.78 is 1.40. The molecule has 1 aromatic carbocycles. The summed E-state index contributed by atoms with van der Waals surface area (Å²) in [6.07, 6.45) is 0. The molecule has 0 aliphatic rings. The van der Waals surface area contributed by atoms with Gasteiger partial charge >= 0.3 is 5.97 Å². The van der Waals surface area contributed by atoms with Gasteiger partial charge in [0.1, 0.15) is 5.82 Å². The normalized spacial score (nSPS) is 10.6. The molecule has 0 unspecified atom stereocenters. The van der Waals surface area contributed by atoms with Gasteiger partial charge in [0.25, 0.3) is 5.56 Å². The van der Waals surface area contributed by atoms with Crippen LogP contribution in [-0.4, -0.2) is 20.6 Å². The Bertz CT molecular complexity index is 643. The third kappa shape index (κ3) is 1.46. The van der Waals surface area contributed by atoms with Crippen molar-refractivity contribution in [2.24, 2.45) is 7.05 Å². The lowest BCUT2D eigenvalue weighted by Crippen LogP contribution is -2.20. The maximum atomic E-state index is 11.9. The van der Waals surface area contributed by atoms with Gasteiger partial charge in [-0.05, 0) is 25.1 Å². The second kappa shape index (κ2) is 3.44. The monoisotopic (exact) mass is 218 g/mol. The van der Waals surface area contributed by atoms with Crippen LogP contribution in [0.5, 0.6) is 0 Å². The van der Waals surface area contributed by atoms with Crippen molar-refractivity contribution in [2.75, 3.05) is 0 Å². The molecule has 0 fully saturated rings. The summed E-state index contributed by atoms with van der Waals surface area (Å²) in [5, 5.41) is 9.16. The van der Waals surface area contributed by atoms with Crippen molar-refractivity contribution in [1.29, 1.82) is 0 Å². The van der Waals surface area contributed by atoms with Crippen LogP contribution in [0.15, 0.2) is 23.0 Å². The van der Waals surface area contributed by atoms with Gasteiger partial charge in [0.15, 0.2) is 0 Å². The van der Waals surface area contributed by atoms with Gasteiger partial charge in [0.05, 0.1) is 16.5 Å². The molecule has 1 heterocycles. The van der Waals surface area contributed by atoms with Crippen molar-refractivity contribution in [3.8, 4) is 0 Å². The number of aromatic carboxylic acids is 1. The first-order chi connectivity index (χ1) is 7.50. The number of hydrogen-bond acceptors (Lipinski definition) is 3. The van der Waals surface area contributed by atoms with Crippen LogP contribution in [-0.2, 0) is 7.05 Å². The summed E-state index contributed by atoms with van der Waals surface area (Å²) in [6, 6.07) is 4.34. The predicted octanol–water partition coefficient (Wildman–Crippen LogP) is 0.940. The van der Waals surface area contributed by atoms with Crippen LogP contribution in [0.1, 0.15) is 16.2 Å². The molecule has 0 aliphatic heterocycles. The fourth-order valence-electron chi connectivity index (χ4n) is 1.51. The Balaban J connectivity index is 2.88. The standard InChI is InChI=1S/C11H10N2O3/c1-6-12-9-4-3-7(11(15)16)5-8(9)10(14)13(6)2/h3-5H,1-2H3,(H,15,16). The van der Waals surface area contributed by atoms with E-state index in [0.29, 0.717) is 16.7 Å². The number of aryl methyl sites for hydroxylation is 1. The molecule has 1 aromatic heterocycles. The molecule has 0 atom stereocenters. The SMILES string of the molecule is Cc1nc2ccc(C(=O)O)cc2c(=O)n1C. The molecule has 5 heteroatoms. The van der Waals surface area contributed by atoms with Crippen LogP contribution in [0.4, 0.5) is 0 Å². The highest BCUT2D eigenvalue weighted by atomic mass is 16.4. The first-order valence-electron chi connectivity index (χ1n) is 4.71. The molecule has 16 heavy (non-hydrogen) atoms. The van der Waals surface area contributed by atoms with E-state index in [2.05, 4.69) is 4.98 Å². The Kier molecular flexibility index (Phi) is 2.23. The average molecular weight is 218 g/mol. The summed E-state index contributed by atoms with van der Waals surface area (Å²) in [6.45, 7) is 1.73. The smallest absolute Gasteiger partial charge is 0.335 e. The molecule has 0 aliphatic carbocycles. The maximum absolute atomic E-state index is 11.9. The fraction of sp³-hybridized carbons (Fsp3) is 0.182. The van der Waals surface area contributed by atoms with E-state index in [9.17, 15) is 9.59 Å². The first-order valence-corrected chi connectivity index (χ1v) is 4.71. The fourth-order valence-corrected chi connectivity index (χ4v) is 1.51. The van der Waals surface area contributed by atoms with E-state index in [-0.39, 0.29) is 11.1 Å². The maximum Gasteiger partial charge on any atom is 0.335 e. The highest BCUT2D eigenvalue weighted by molar-refractivity contribution is 5.92. The Morgan fingerprint density at radius 2 is 2.12 bits per heavy atom. The Labute approximate surface area is 91.0 Å². The lowest BCUT2D eigenvalue weighted by atomic mass is 10.1. The molecule has 1 N–H and O–H groups in total. The molecular formula is C11H10N2O3. The molecule has 82 valence electrons. The zero-order chi connectivity index (χ0) is 11.9. The van der Waals surface area contributed by atoms with Crippen LogP contribution < -0.4 is 5.56 Å². The van der Waals surface area contributed by atoms with Crippen molar-refractivity contribution in [2.45, 2.75) is 6.92 Å².